The number of nitrogens with zero attached hydrogens (tertiary/aromatic N) is 3. The van der Waals surface area contributed by atoms with E-state index in [9.17, 15) is 9.59 Å². The summed E-state index contributed by atoms with van der Waals surface area (Å²) in [4.78, 5) is 26.0. The van der Waals surface area contributed by atoms with Crippen molar-refractivity contribution in [1.29, 1.82) is 0 Å². The number of aryl methyl sites for hydroxylation is 1. The third-order valence-electron chi connectivity index (χ3n) is 4.29. The largest absolute Gasteiger partial charge is 0.352 e. The monoisotopic (exact) mass is 326 g/mol. The third-order valence-corrected chi connectivity index (χ3v) is 4.29. The zero-order valence-corrected chi connectivity index (χ0v) is 13.9. The van der Waals surface area contributed by atoms with Crippen molar-refractivity contribution in [2.45, 2.75) is 26.2 Å². The molecule has 0 atom stereocenters. The molecule has 0 unspecified atom stereocenters. The van der Waals surface area contributed by atoms with Gasteiger partial charge in [0.25, 0.3) is 5.91 Å². The van der Waals surface area contributed by atoms with Crippen LogP contribution < -0.4 is 5.32 Å². The molecule has 1 saturated heterocycles. The van der Waals surface area contributed by atoms with E-state index < -0.39 is 0 Å². The van der Waals surface area contributed by atoms with Gasteiger partial charge in [0.2, 0.25) is 5.91 Å². The van der Waals surface area contributed by atoms with E-state index in [1.165, 1.54) is 0 Å². The van der Waals surface area contributed by atoms with Crippen LogP contribution in [0.5, 0.6) is 0 Å². The molecule has 0 aliphatic carbocycles. The molecule has 2 heterocycles. The van der Waals surface area contributed by atoms with Crippen molar-refractivity contribution >= 4 is 11.8 Å². The van der Waals surface area contributed by atoms with Crippen LogP contribution in [0.2, 0.25) is 0 Å². The zero-order valence-electron chi connectivity index (χ0n) is 13.9. The number of amides is 2. The summed E-state index contributed by atoms with van der Waals surface area (Å²) in [7, 11) is 0. The van der Waals surface area contributed by atoms with Crippen LogP contribution in [0.4, 0.5) is 0 Å². The van der Waals surface area contributed by atoms with Crippen molar-refractivity contribution in [2.24, 2.45) is 0 Å². The van der Waals surface area contributed by atoms with Crippen molar-refractivity contribution in [3.8, 4) is 5.69 Å². The van der Waals surface area contributed by atoms with Gasteiger partial charge in [-0.3, -0.25) is 9.59 Å². The molecule has 2 amide bonds. The zero-order chi connectivity index (χ0) is 16.9. The summed E-state index contributed by atoms with van der Waals surface area (Å²) in [5.41, 5.74) is 2.53. The van der Waals surface area contributed by atoms with Crippen LogP contribution in [-0.2, 0) is 4.79 Å². The fourth-order valence-corrected chi connectivity index (χ4v) is 2.90. The van der Waals surface area contributed by atoms with Crippen LogP contribution in [0, 0.1) is 6.92 Å². The lowest BCUT2D eigenvalue weighted by molar-refractivity contribution is -0.129. The molecule has 6 heteroatoms. The van der Waals surface area contributed by atoms with E-state index in [0.717, 1.165) is 37.3 Å². The Morgan fingerprint density at radius 1 is 1.12 bits per heavy atom. The quantitative estimate of drug-likeness (QED) is 0.913. The van der Waals surface area contributed by atoms with Crippen LogP contribution in [0.15, 0.2) is 36.5 Å². The number of rotatable bonds is 5. The molecule has 1 aliphatic rings. The lowest BCUT2D eigenvalue weighted by Gasteiger charge is -2.15. The number of likely N-dealkylation sites (tertiary alicyclic amines) is 1. The maximum atomic E-state index is 12.2. The molecule has 1 aromatic carbocycles. The Bertz CT molecular complexity index is 715. The van der Waals surface area contributed by atoms with Gasteiger partial charge in [-0.15, -0.1) is 0 Å². The third kappa shape index (κ3) is 3.64. The summed E-state index contributed by atoms with van der Waals surface area (Å²) in [6.45, 7) is 4.04. The van der Waals surface area contributed by atoms with Crippen molar-refractivity contribution in [2.75, 3.05) is 19.6 Å². The first-order valence-corrected chi connectivity index (χ1v) is 8.32. The van der Waals surface area contributed by atoms with Crippen molar-refractivity contribution in [3.05, 3.63) is 47.8 Å². The van der Waals surface area contributed by atoms with Crippen LogP contribution in [0.25, 0.3) is 5.69 Å². The molecule has 3 rings (SSSR count). The lowest BCUT2D eigenvalue weighted by Crippen LogP contribution is -2.32. The van der Waals surface area contributed by atoms with Crippen molar-refractivity contribution < 1.29 is 9.59 Å². The second kappa shape index (κ2) is 7.29. The Morgan fingerprint density at radius 2 is 1.83 bits per heavy atom. The topological polar surface area (TPSA) is 67.2 Å². The molecule has 1 N–H and O–H groups in total. The molecule has 0 bridgehead atoms. The molecule has 2 aromatic rings. The van der Waals surface area contributed by atoms with Gasteiger partial charge in [0.05, 0.1) is 5.69 Å². The highest BCUT2D eigenvalue weighted by Gasteiger charge is 2.17. The molecule has 0 saturated carbocycles. The normalized spacial score (nSPS) is 14.0. The molecule has 126 valence electrons. The first-order valence-electron chi connectivity index (χ1n) is 8.32. The van der Waals surface area contributed by atoms with Gasteiger partial charge in [-0.1, -0.05) is 0 Å². The first-order chi connectivity index (χ1) is 11.6. The number of benzene rings is 1. The van der Waals surface area contributed by atoms with E-state index in [1.54, 1.807) is 18.3 Å². The number of aromatic nitrogens is 2. The second-order valence-electron chi connectivity index (χ2n) is 6.03. The summed E-state index contributed by atoms with van der Waals surface area (Å²) in [5, 5.41) is 7.05. The van der Waals surface area contributed by atoms with Crippen molar-refractivity contribution in [1.82, 2.24) is 20.0 Å². The summed E-state index contributed by atoms with van der Waals surface area (Å²) in [5.74, 6) is -0.0368. The highest BCUT2D eigenvalue weighted by molar-refractivity contribution is 5.94. The second-order valence-corrected chi connectivity index (χ2v) is 6.03. The number of nitrogens with one attached hydrogen (secondary N) is 1. The predicted molar refractivity (Wildman–Crippen MR) is 91.1 cm³/mol. The minimum absolute atomic E-state index is 0.123. The molecule has 24 heavy (non-hydrogen) atoms. The fourth-order valence-electron chi connectivity index (χ4n) is 2.90. The summed E-state index contributed by atoms with van der Waals surface area (Å²) in [6.07, 6.45) is 4.27. The fraction of sp³-hybridized carbons (Fsp3) is 0.389. The van der Waals surface area contributed by atoms with Gasteiger partial charge in [-0.2, -0.15) is 5.10 Å². The maximum absolute atomic E-state index is 12.2. The predicted octanol–water partition coefficient (Wildman–Crippen LogP) is 1.92. The highest BCUT2D eigenvalue weighted by Crippen LogP contribution is 2.12. The Morgan fingerprint density at radius 3 is 2.46 bits per heavy atom. The van der Waals surface area contributed by atoms with Gasteiger partial charge in [0.15, 0.2) is 0 Å². The van der Waals surface area contributed by atoms with E-state index in [2.05, 4.69) is 10.4 Å². The van der Waals surface area contributed by atoms with E-state index in [-0.39, 0.29) is 11.8 Å². The summed E-state index contributed by atoms with van der Waals surface area (Å²) >= 11 is 0. The Hall–Kier alpha value is -2.63. The van der Waals surface area contributed by atoms with E-state index in [1.807, 2.05) is 34.7 Å². The lowest BCUT2D eigenvalue weighted by atomic mass is 10.2. The van der Waals surface area contributed by atoms with Crippen molar-refractivity contribution in [3.63, 3.8) is 0 Å². The number of hydrogen-bond donors (Lipinski definition) is 1. The van der Waals surface area contributed by atoms with Gasteiger partial charge in [0, 0.05) is 43.5 Å². The van der Waals surface area contributed by atoms with Gasteiger partial charge in [-0.25, -0.2) is 4.68 Å². The average molecular weight is 326 g/mol. The highest BCUT2D eigenvalue weighted by atomic mass is 16.2. The molecule has 0 radical (unpaired) electrons. The van der Waals surface area contributed by atoms with Gasteiger partial charge in [-0.05, 0) is 50.1 Å². The molecule has 6 nitrogen and oxygen atoms in total. The van der Waals surface area contributed by atoms with Gasteiger partial charge >= 0.3 is 0 Å². The standard InChI is InChI=1S/C18H22N4O2/c1-14-8-11-20-22(14)16-6-4-15(5-7-16)18(24)19-10-9-17(23)21-12-2-3-13-21/h4-8,11H,2-3,9-10,12-13H2,1H3,(H,19,24). The molecular weight excluding hydrogens is 304 g/mol. The Kier molecular flexibility index (Phi) is 4.93. The summed E-state index contributed by atoms with van der Waals surface area (Å²) in [6, 6.07) is 9.20. The van der Waals surface area contributed by atoms with Crippen LogP contribution in [-0.4, -0.2) is 46.1 Å². The minimum atomic E-state index is -0.159. The molecule has 1 fully saturated rings. The van der Waals surface area contributed by atoms with Gasteiger partial charge in [0.1, 0.15) is 0 Å². The Labute approximate surface area is 141 Å². The summed E-state index contributed by atoms with van der Waals surface area (Å²) < 4.78 is 1.82. The minimum Gasteiger partial charge on any atom is -0.352 e. The van der Waals surface area contributed by atoms with Crippen LogP contribution in [0.3, 0.4) is 0 Å². The number of carbonyl (C=O) groups excluding carboxylic acids is 2. The van der Waals surface area contributed by atoms with E-state index in [0.29, 0.717) is 18.5 Å². The number of carbonyl (C=O) groups is 2. The smallest absolute Gasteiger partial charge is 0.251 e. The molecular formula is C18H22N4O2. The van der Waals surface area contributed by atoms with Crippen LogP contribution in [0.1, 0.15) is 35.3 Å². The molecule has 1 aliphatic heterocycles. The average Bonchev–Trinajstić information content (AvgIpc) is 3.26. The number of hydrogen-bond acceptors (Lipinski definition) is 3. The Balaban J connectivity index is 1.52. The SMILES string of the molecule is Cc1ccnn1-c1ccc(C(=O)NCCC(=O)N2CCCC2)cc1. The van der Waals surface area contributed by atoms with Crippen LogP contribution >= 0.6 is 0 Å². The van der Waals surface area contributed by atoms with E-state index in [4.69, 9.17) is 0 Å². The van der Waals surface area contributed by atoms with Gasteiger partial charge < -0.3 is 10.2 Å². The first kappa shape index (κ1) is 16.2. The maximum Gasteiger partial charge on any atom is 0.251 e. The molecule has 0 spiro atoms. The molecule has 1 aromatic heterocycles. The van der Waals surface area contributed by atoms with E-state index >= 15 is 0 Å².